The van der Waals surface area contributed by atoms with E-state index in [9.17, 15) is 8.42 Å². The number of rotatable bonds is 5. The summed E-state index contributed by atoms with van der Waals surface area (Å²) in [5.74, 6) is 1.41. The zero-order chi connectivity index (χ0) is 18.3. The van der Waals surface area contributed by atoms with Crippen LogP contribution in [0.15, 0.2) is 27.2 Å². The van der Waals surface area contributed by atoms with E-state index in [1.807, 2.05) is 12.3 Å². The van der Waals surface area contributed by atoms with E-state index in [-0.39, 0.29) is 23.3 Å². The molecule has 3 aliphatic rings. The first-order valence-electron chi connectivity index (χ1n) is 9.26. The monoisotopic (exact) mass is 375 g/mol. The van der Waals surface area contributed by atoms with Crippen molar-refractivity contribution >= 4 is 34.1 Å². The molecule has 26 heavy (non-hydrogen) atoms. The van der Waals surface area contributed by atoms with Crippen molar-refractivity contribution in [1.82, 2.24) is 9.71 Å². The topological polar surface area (TPSA) is 99.0 Å². The lowest BCUT2D eigenvalue weighted by Gasteiger charge is -2.14. The van der Waals surface area contributed by atoms with Crippen molar-refractivity contribution in [2.75, 3.05) is 0 Å². The number of fused-ring (bicyclic) bond motifs is 1. The summed E-state index contributed by atoms with van der Waals surface area (Å²) in [6.07, 6.45) is 8.43. The summed E-state index contributed by atoms with van der Waals surface area (Å²) in [5, 5.41) is -0.169. The lowest BCUT2D eigenvalue weighted by atomic mass is 9.96. The molecule has 140 valence electrons. The van der Waals surface area contributed by atoms with Crippen LogP contribution in [-0.2, 0) is 10.0 Å². The van der Waals surface area contributed by atoms with Crippen LogP contribution < -0.4 is 4.72 Å². The van der Waals surface area contributed by atoms with E-state index in [4.69, 9.17) is 0 Å². The second-order valence-corrected chi connectivity index (χ2v) is 9.65. The van der Waals surface area contributed by atoms with Gasteiger partial charge in [0.1, 0.15) is 12.2 Å². The van der Waals surface area contributed by atoms with Gasteiger partial charge in [0.15, 0.2) is 0 Å². The number of aromatic amines is 1. The van der Waals surface area contributed by atoms with Crippen molar-refractivity contribution in [2.45, 2.75) is 62.8 Å². The van der Waals surface area contributed by atoms with Crippen molar-refractivity contribution in [2.24, 2.45) is 20.9 Å². The highest BCUT2D eigenvalue weighted by Crippen LogP contribution is 2.33. The summed E-state index contributed by atoms with van der Waals surface area (Å²) in [4.78, 5) is 16.6. The molecular weight excluding hydrogens is 350 g/mol. The van der Waals surface area contributed by atoms with Gasteiger partial charge in [0.2, 0.25) is 10.0 Å². The summed E-state index contributed by atoms with van der Waals surface area (Å²) < 4.78 is 27.1. The highest BCUT2D eigenvalue weighted by Gasteiger charge is 2.40. The summed E-state index contributed by atoms with van der Waals surface area (Å²) in [6.45, 7) is 4.22. The molecule has 0 bridgehead atoms. The predicted octanol–water partition coefficient (Wildman–Crippen LogP) is 2.55. The SMILES string of the molecule is CC1C(=NC=N[C@H]2C[C@@H](NS(=O)(=O)C3CC3)C[C@H]2C)C=Nc2[nH]ccc21. The number of hydrogen-bond donors (Lipinski definition) is 2. The lowest BCUT2D eigenvalue weighted by molar-refractivity contribution is 0.523. The molecule has 2 saturated carbocycles. The van der Waals surface area contributed by atoms with Gasteiger partial charge in [0.25, 0.3) is 0 Å². The number of nitrogens with zero attached hydrogens (tertiary/aromatic N) is 3. The van der Waals surface area contributed by atoms with Crippen molar-refractivity contribution in [1.29, 1.82) is 0 Å². The minimum Gasteiger partial charge on any atom is -0.346 e. The molecule has 2 aliphatic carbocycles. The Balaban J connectivity index is 1.38. The minimum atomic E-state index is -3.13. The number of H-pyrrole nitrogens is 1. The number of sulfonamides is 1. The van der Waals surface area contributed by atoms with Gasteiger partial charge in [-0.1, -0.05) is 13.8 Å². The molecule has 2 N–H and O–H groups in total. The Hall–Kier alpha value is -1.80. The molecule has 1 aromatic rings. The third kappa shape index (κ3) is 3.53. The second kappa shape index (κ2) is 6.74. The fraction of sp³-hybridized carbons (Fsp3) is 0.611. The molecule has 0 amide bonds. The van der Waals surface area contributed by atoms with Crippen LogP contribution in [0.2, 0.25) is 0 Å². The molecule has 4 rings (SSSR count). The highest BCUT2D eigenvalue weighted by atomic mass is 32.2. The second-order valence-electron chi connectivity index (χ2n) is 7.66. The molecule has 2 heterocycles. The van der Waals surface area contributed by atoms with Crippen molar-refractivity contribution in [3.8, 4) is 0 Å². The van der Waals surface area contributed by atoms with Gasteiger partial charge in [-0.2, -0.15) is 0 Å². The number of aliphatic imine (C=N–C) groups is 3. The summed E-state index contributed by atoms with van der Waals surface area (Å²) in [7, 11) is -3.13. The van der Waals surface area contributed by atoms with E-state index < -0.39 is 10.0 Å². The third-order valence-corrected chi connectivity index (χ3v) is 7.60. The van der Waals surface area contributed by atoms with E-state index in [1.165, 1.54) is 0 Å². The Morgan fingerprint density at radius 3 is 2.88 bits per heavy atom. The third-order valence-electron chi connectivity index (χ3n) is 5.59. The van der Waals surface area contributed by atoms with Gasteiger partial charge in [0, 0.05) is 23.7 Å². The fourth-order valence-electron chi connectivity index (χ4n) is 3.80. The Labute approximate surface area is 154 Å². The molecule has 4 atom stereocenters. The van der Waals surface area contributed by atoms with Crippen LogP contribution in [0.4, 0.5) is 5.82 Å². The zero-order valence-electron chi connectivity index (χ0n) is 15.1. The van der Waals surface area contributed by atoms with Crippen molar-refractivity contribution in [3.63, 3.8) is 0 Å². The summed E-state index contributed by atoms with van der Waals surface area (Å²) in [5.41, 5.74) is 2.03. The fourth-order valence-corrected chi connectivity index (χ4v) is 5.41. The molecule has 0 aromatic carbocycles. The van der Waals surface area contributed by atoms with E-state index >= 15 is 0 Å². The van der Waals surface area contributed by atoms with Crippen molar-refractivity contribution in [3.05, 3.63) is 17.8 Å². The standard InChI is InChI=1S/C18H25N5O2S/c1-11-7-13(23-26(24,25)14-3-4-14)8-16(11)21-10-22-17-9-20-18-15(12(17)2)5-6-19-18/h5-6,9-14,16,19,23H,3-4,7-8H2,1-2H3/t11-,12?,13+,16+/m1/s1. The molecule has 2 fully saturated rings. The minimum absolute atomic E-state index is 0.0111. The van der Waals surface area contributed by atoms with Crippen LogP contribution >= 0.6 is 0 Å². The number of aromatic nitrogens is 1. The predicted molar refractivity (Wildman–Crippen MR) is 104 cm³/mol. The van der Waals surface area contributed by atoms with Crippen LogP contribution in [0, 0.1) is 5.92 Å². The smallest absolute Gasteiger partial charge is 0.214 e. The van der Waals surface area contributed by atoms with Crippen LogP contribution in [-0.4, -0.2) is 49.0 Å². The van der Waals surface area contributed by atoms with E-state index in [0.29, 0.717) is 5.92 Å². The summed E-state index contributed by atoms with van der Waals surface area (Å²) >= 11 is 0. The highest BCUT2D eigenvalue weighted by molar-refractivity contribution is 7.90. The van der Waals surface area contributed by atoms with E-state index in [2.05, 4.69) is 38.5 Å². The van der Waals surface area contributed by atoms with E-state index in [0.717, 1.165) is 42.8 Å². The molecule has 1 aromatic heterocycles. The Morgan fingerprint density at radius 2 is 2.12 bits per heavy atom. The Bertz CT molecular complexity index is 866. The van der Waals surface area contributed by atoms with Gasteiger partial charge in [-0.05, 0) is 37.7 Å². The molecular formula is C18H25N5O2S. The first-order chi connectivity index (χ1) is 12.4. The van der Waals surface area contributed by atoms with Gasteiger partial charge >= 0.3 is 0 Å². The first-order valence-corrected chi connectivity index (χ1v) is 10.8. The molecule has 1 unspecified atom stereocenters. The van der Waals surface area contributed by atoms with Gasteiger partial charge in [-0.15, -0.1) is 0 Å². The van der Waals surface area contributed by atoms with E-state index in [1.54, 1.807) is 12.6 Å². The Kier molecular flexibility index (Phi) is 4.56. The first kappa shape index (κ1) is 17.6. The van der Waals surface area contributed by atoms with Gasteiger partial charge < -0.3 is 4.98 Å². The lowest BCUT2D eigenvalue weighted by Crippen LogP contribution is -2.35. The average Bonchev–Trinajstić information content (AvgIpc) is 3.26. The quantitative estimate of drug-likeness (QED) is 0.611. The van der Waals surface area contributed by atoms with Crippen LogP contribution in [0.1, 0.15) is 51.0 Å². The number of hydrogen-bond acceptors (Lipinski definition) is 4. The van der Waals surface area contributed by atoms with Gasteiger partial charge in [-0.3, -0.25) is 4.99 Å². The molecule has 0 saturated heterocycles. The zero-order valence-corrected chi connectivity index (χ0v) is 15.9. The summed E-state index contributed by atoms with van der Waals surface area (Å²) in [6, 6.07) is 2.12. The molecule has 0 radical (unpaired) electrons. The van der Waals surface area contributed by atoms with Gasteiger partial charge in [-0.25, -0.2) is 23.1 Å². The normalized spacial score (nSPS) is 33.2. The van der Waals surface area contributed by atoms with Crippen molar-refractivity contribution < 1.29 is 8.42 Å². The van der Waals surface area contributed by atoms with Crippen LogP contribution in [0.5, 0.6) is 0 Å². The molecule has 8 heteroatoms. The van der Waals surface area contributed by atoms with Gasteiger partial charge in [0.05, 0.1) is 23.2 Å². The largest absolute Gasteiger partial charge is 0.346 e. The maximum Gasteiger partial charge on any atom is 0.214 e. The maximum atomic E-state index is 12.1. The Morgan fingerprint density at radius 1 is 1.31 bits per heavy atom. The number of nitrogens with one attached hydrogen (secondary N) is 2. The van der Waals surface area contributed by atoms with Crippen LogP contribution in [0.25, 0.3) is 0 Å². The molecule has 1 aliphatic heterocycles. The average molecular weight is 375 g/mol. The molecule has 7 nitrogen and oxygen atoms in total. The maximum absolute atomic E-state index is 12.1. The van der Waals surface area contributed by atoms with Crippen LogP contribution in [0.3, 0.4) is 0 Å². The molecule has 0 spiro atoms.